The number of benzene rings is 1. The van der Waals surface area contributed by atoms with Crippen LogP contribution in [0, 0.1) is 20.8 Å². The van der Waals surface area contributed by atoms with Gasteiger partial charge in [0, 0.05) is 55.4 Å². The summed E-state index contributed by atoms with van der Waals surface area (Å²) in [6, 6.07) is 6.02. The van der Waals surface area contributed by atoms with Crippen molar-refractivity contribution in [3.8, 4) is 0 Å². The van der Waals surface area contributed by atoms with E-state index in [4.69, 9.17) is 0 Å². The van der Waals surface area contributed by atoms with E-state index in [9.17, 15) is 9.90 Å². The van der Waals surface area contributed by atoms with Crippen LogP contribution in [0.25, 0.3) is 10.9 Å². The van der Waals surface area contributed by atoms with Gasteiger partial charge in [0.15, 0.2) is 0 Å². The molecule has 0 saturated carbocycles. The molecule has 1 saturated heterocycles. The van der Waals surface area contributed by atoms with Crippen molar-refractivity contribution >= 4 is 22.7 Å². The number of carbonyl (C=O) groups is 1. The third-order valence-electron chi connectivity index (χ3n) is 5.38. The standard InChI is InChI=1S/C21H25N5O2/c1-13-4-5-18-16(10-13)17(19(24-18)21(27)28)12-25-6-8-26(9-7-25)20-15(3)22-11-14(2)23-20/h4-5,10-11,24H,6-9,12H2,1-3H3,(H,27,28). The van der Waals surface area contributed by atoms with Crippen molar-refractivity contribution in [3.05, 3.63) is 52.6 Å². The highest BCUT2D eigenvalue weighted by molar-refractivity contribution is 5.97. The van der Waals surface area contributed by atoms with Gasteiger partial charge in [-0.15, -0.1) is 0 Å². The van der Waals surface area contributed by atoms with E-state index >= 15 is 0 Å². The first kappa shape index (κ1) is 18.4. The fourth-order valence-electron chi connectivity index (χ4n) is 3.87. The molecule has 3 aromatic rings. The van der Waals surface area contributed by atoms with Gasteiger partial charge in [-0.1, -0.05) is 11.6 Å². The highest BCUT2D eigenvalue weighted by Crippen LogP contribution is 2.26. The molecule has 0 aliphatic carbocycles. The van der Waals surface area contributed by atoms with E-state index in [2.05, 4.69) is 30.8 Å². The number of aromatic carboxylic acids is 1. The summed E-state index contributed by atoms with van der Waals surface area (Å²) in [4.78, 5) is 28.5. The molecule has 0 amide bonds. The van der Waals surface area contributed by atoms with Crippen LogP contribution in [0.15, 0.2) is 24.4 Å². The number of H-pyrrole nitrogens is 1. The number of nitrogens with zero attached hydrogens (tertiary/aromatic N) is 4. The Morgan fingerprint density at radius 3 is 2.64 bits per heavy atom. The summed E-state index contributed by atoms with van der Waals surface area (Å²) in [5, 5.41) is 10.6. The molecule has 1 aliphatic rings. The number of hydrogen-bond donors (Lipinski definition) is 2. The molecule has 0 radical (unpaired) electrons. The Morgan fingerprint density at radius 1 is 1.18 bits per heavy atom. The fraction of sp³-hybridized carbons (Fsp3) is 0.381. The predicted octanol–water partition coefficient (Wildman–Crippen LogP) is 2.90. The lowest BCUT2D eigenvalue weighted by Gasteiger charge is -2.36. The van der Waals surface area contributed by atoms with Gasteiger partial charge in [-0.05, 0) is 32.9 Å². The second kappa shape index (κ2) is 7.24. The number of piperazine rings is 1. The van der Waals surface area contributed by atoms with Crippen molar-refractivity contribution < 1.29 is 9.90 Å². The zero-order valence-corrected chi connectivity index (χ0v) is 16.5. The molecule has 146 valence electrons. The fourth-order valence-corrected chi connectivity index (χ4v) is 3.87. The number of aryl methyl sites for hydroxylation is 3. The molecule has 1 aromatic carbocycles. The van der Waals surface area contributed by atoms with E-state index in [0.717, 1.165) is 65.4 Å². The Kier molecular flexibility index (Phi) is 4.77. The van der Waals surface area contributed by atoms with E-state index in [1.165, 1.54) is 0 Å². The van der Waals surface area contributed by atoms with Crippen LogP contribution in [0.1, 0.15) is 33.0 Å². The molecule has 2 N–H and O–H groups in total. The number of nitrogens with one attached hydrogen (secondary N) is 1. The van der Waals surface area contributed by atoms with Crippen molar-refractivity contribution in [3.63, 3.8) is 0 Å². The molecular formula is C21H25N5O2. The number of aromatic amines is 1. The first-order valence-electron chi connectivity index (χ1n) is 9.54. The smallest absolute Gasteiger partial charge is 0.352 e. The van der Waals surface area contributed by atoms with E-state index in [1.54, 1.807) is 6.20 Å². The van der Waals surface area contributed by atoms with E-state index in [0.29, 0.717) is 12.2 Å². The maximum Gasteiger partial charge on any atom is 0.352 e. The number of aromatic nitrogens is 3. The molecule has 1 aliphatic heterocycles. The van der Waals surface area contributed by atoms with Gasteiger partial charge >= 0.3 is 5.97 Å². The zero-order chi connectivity index (χ0) is 19.8. The van der Waals surface area contributed by atoms with Crippen molar-refractivity contribution in [2.75, 3.05) is 31.1 Å². The third kappa shape index (κ3) is 3.45. The van der Waals surface area contributed by atoms with Crippen molar-refractivity contribution in [1.82, 2.24) is 19.9 Å². The first-order valence-corrected chi connectivity index (χ1v) is 9.54. The van der Waals surface area contributed by atoms with Crippen LogP contribution in [-0.2, 0) is 6.54 Å². The zero-order valence-electron chi connectivity index (χ0n) is 16.5. The van der Waals surface area contributed by atoms with E-state index in [-0.39, 0.29) is 0 Å². The second-order valence-electron chi connectivity index (χ2n) is 7.52. The molecule has 28 heavy (non-hydrogen) atoms. The van der Waals surface area contributed by atoms with Crippen LogP contribution >= 0.6 is 0 Å². The van der Waals surface area contributed by atoms with Crippen LogP contribution in [0.5, 0.6) is 0 Å². The van der Waals surface area contributed by atoms with Crippen LogP contribution in [0.4, 0.5) is 5.82 Å². The lowest BCUT2D eigenvalue weighted by molar-refractivity contribution is 0.0689. The summed E-state index contributed by atoms with van der Waals surface area (Å²) in [5.41, 5.74) is 5.03. The molecule has 0 bridgehead atoms. The molecule has 7 nitrogen and oxygen atoms in total. The molecule has 0 unspecified atom stereocenters. The number of fused-ring (bicyclic) bond motifs is 1. The van der Waals surface area contributed by atoms with Crippen LogP contribution < -0.4 is 4.90 Å². The topological polar surface area (TPSA) is 85.4 Å². The highest BCUT2D eigenvalue weighted by Gasteiger charge is 2.24. The maximum absolute atomic E-state index is 11.8. The minimum absolute atomic E-state index is 0.295. The number of hydrogen-bond acceptors (Lipinski definition) is 5. The van der Waals surface area contributed by atoms with Gasteiger partial charge < -0.3 is 15.0 Å². The lowest BCUT2D eigenvalue weighted by atomic mass is 10.1. The monoisotopic (exact) mass is 379 g/mol. The average molecular weight is 379 g/mol. The van der Waals surface area contributed by atoms with Crippen LogP contribution in [0.3, 0.4) is 0 Å². The third-order valence-corrected chi connectivity index (χ3v) is 5.38. The lowest BCUT2D eigenvalue weighted by Crippen LogP contribution is -2.46. The Balaban J connectivity index is 1.54. The Morgan fingerprint density at radius 2 is 1.93 bits per heavy atom. The number of anilines is 1. The quantitative estimate of drug-likeness (QED) is 0.725. The van der Waals surface area contributed by atoms with Gasteiger partial charge in [-0.2, -0.15) is 0 Å². The van der Waals surface area contributed by atoms with Crippen LogP contribution in [0.2, 0.25) is 0 Å². The second-order valence-corrected chi connectivity index (χ2v) is 7.52. The molecule has 3 heterocycles. The van der Waals surface area contributed by atoms with Gasteiger partial charge in [-0.3, -0.25) is 9.88 Å². The molecule has 2 aromatic heterocycles. The summed E-state index contributed by atoms with van der Waals surface area (Å²) in [5.74, 6) is 0.0433. The van der Waals surface area contributed by atoms with Gasteiger partial charge in [0.05, 0.1) is 11.4 Å². The van der Waals surface area contributed by atoms with E-state index < -0.39 is 5.97 Å². The first-order chi connectivity index (χ1) is 13.4. The van der Waals surface area contributed by atoms with Gasteiger partial charge in [-0.25, -0.2) is 9.78 Å². The van der Waals surface area contributed by atoms with E-state index in [1.807, 2.05) is 32.9 Å². The summed E-state index contributed by atoms with van der Waals surface area (Å²) < 4.78 is 0. The van der Waals surface area contributed by atoms with Crippen molar-refractivity contribution in [2.45, 2.75) is 27.3 Å². The SMILES string of the molecule is Cc1ccc2[nH]c(C(=O)O)c(CN3CCN(c4nc(C)cnc4C)CC3)c2c1. The summed E-state index contributed by atoms with van der Waals surface area (Å²) in [7, 11) is 0. The average Bonchev–Trinajstić information content (AvgIpc) is 3.02. The van der Waals surface area contributed by atoms with Crippen LogP contribution in [-0.4, -0.2) is 57.1 Å². The number of rotatable bonds is 4. The predicted molar refractivity (Wildman–Crippen MR) is 109 cm³/mol. The van der Waals surface area contributed by atoms with Gasteiger partial charge in [0.1, 0.15) is 11.5 Å². The largest absolute Gasteiger partial charge is 0.477 e. The Labute approximate surface area is 164 Å². The minimum Gasteiger partial charge on any atom is -0.477 e. The minimum atomic E-state index is -0.909. The highest BCUT2D eigenvalue weighted by atomic mass is 16.4. The molecule has 1 fully saturated rings. The Hall–Kier alpha value is -2.93. The van der Waals surface area contributed by atoms with Crippen molar-refractivity contribution in [1.29, 1.82) is 0 Å². The molecule has 7 heteroatoms. The van der Waals surface area contributed by atoms with Gasteiger partial charge in [0.2, 0.25) is 0 Å². The summed E-state index contributed by atoms with van der Waals surface area (Å²) in [6.45, 7) is 10.0. The maximum atomic E-state index is 11.8. The molecular weight excluding hydrogens is 354 g/mol. The van der Waals surface area contributed by atoms with Crippen molar-refractivity contribution in [2.24, 2.45) is 0 Å². The molecule has 0 atom stereocenters. The molecule has 4 rings (SSSR count). The number of carboxylic acids is 1. The summed E-state index contributed by atoms with van der Waals surface area (Å²) in [6.07, 6.45) is 1.79. The number of carboxylic acid groups (broad SMARTS) is 1. The normalized spacial score (nSPS) is 15.3. The molecule has 0 spiro atoms. The summed E-state index contributed by atoms with van der Waals surface area (Å²) >= 11 is 0. The van der Waals surface area contributed by atoms with Gasteiger partial charge in [0.25, 0.3) is 0 Å². The Bertz CT molecular complexity index is 1030.